The number of hydrogen-bond acceptors (Lipinski definition) is 3. The molecule has 2 fully saturated rings. The van der Waals surface area contributed by atoms with E-state index in [0.717, 1.165) is 18.7 Å². The van der Waals surface area contributed by atoms with Crippen molar-refractivity contribution in [3.8, 4) is 0 Å². The first-order valence-corrected chi connectivity index (χ1v) is 9.47. The third kappa shape index (κ3) is 5.32. The van der Waals surface area contributed by atoms with Gasteiger partial charge in [-0.15, -0.1) is 12.4 Å². The molecule has 2 aliphatic heterocycles. The molecule has 0 saturated carbocycles. The van der Waals surface area contributed by atoms with Crippen molar-refractivity contribution in [1.82, 2.24) is 10.2 Å². The molecule has 3 rings (SSSR count). The highest BCUT2D eigenvalue weighted by Gasteiger charge is 2.28. The first kappa shape index (κ1) is 21.4. The maximum absolute atomic E-state index is 13.3. The molecule has 1 aromatic rings. The topological polar surface area (TPSA) is 41.6 Å². The van der Waals surface area contributed by atoms with Crippen LogP contribution in [0.2, 0.25) is 5.02 Å². The molecular formula is C19H27Cl2FN2O2. The fraction of sp³-hybridized carbons (Fsp3) is 0.632. The third-order valence-electron chi connectivity index (χ3n) is 5.37. The Morgan fingerprint density at radius 2 is 2.31 bits per heavy atom. The van der Waals surface area contributed by atoms with Crippen LogP contribution in [0.1, 0.15) is 37.9 Å². The predicted octanol–water partition coefficient (Wildman–Crippen LogP) is 3.83. The average molecular weight is 405 g/mol. The van der Waals surface area contributed by atoms with Gasteiger partial charge in [0.1, 0.15) is 11.9 Å². The van der Waals surface area contributed by atoms with Crippen LogP contribution in [-0.2, 0) is 9.53 Å². The summed E-state index contributed by atoms with van der Waals surface area (Å²) in [5.74, 6) is 0.691. The van der Waals surface area contributed by atoms with E-state index in [0.29, 0.717) is 38.0 Å². The average Bonchev–Trinajstić information content (AvgIpc) is 2.64. The molecule has 0 aromatic heterocycles. The molecule has 0 bridgehead atoms. The standard InChI is InChI=1S/C19H26ClFN2O2.ClH/c1-13(15-3-2-6-22-11-15)9-19(24)23-7-8-25-18(12-23)14-4-5-17(21)16(20)10-14;/h4-5,10,13,15,18,22H,2-3,6-9,11-12H2,1H3;1H. The molecule has 0 spiro atoms. The van der Waals surface area contributed by atoms with Crippen LogP contribution in [-0.4, -0.2) is 43.6 Å². The Balaban J connectivity index is 0.00000243. The van der Waals surface area contributed by atoms with Crippen LogP contribution in [0.15, 0.2) is 18.2 Å². The minimum absolute atomic E-state index is 0. The Morgan fingerprint density at radius 3 is 3.00 bits per heavy atom. The lowest BCUT2D eigenvalue weighted by Gasteiger charge is -2.35. The van der Waals surface area contributed by atoms with E-state index in [-0.39, 0.29) is 29.4 Å². The quantitative estimate of drug-likeness (QED) is 0.828. The molecule has 1 amide bonds. The Kier molecular flexibility index (Phi) is 8.14. The third-order valence-corrected chi connectivity index (χ3v) is 5.66. The Hall–Kier alpha value is -0.880. The zero-order valence-corrected chi connectivity index (χ0v) is 16.6. The number of carbonyl (C=O) groups excluding carboxylic acids is 1. The maximum Gasteiger partial charge on any atom is 0.223 e. The highest BCUT2D eigenvalue weighted by molar-refractivity contribution is 6.30. The van der Waals surface area contributed by atoms with Gasteiger partial charge in [0.2, 0.25) is 5.91 Å². The van der Waals surface area contributed by atoms with Crippen LogP contribution in [0, 0.1) is 17.7 Å². The second-order valence-electron chi connectivity index (χ2n) is 7.16. The molecule has 3 atom stereocenters. The van der Waals surface area contributed by atoms with E-state index in [1.54, 1.807) is 12.1 Å². The number of nitrogens with one attached hydrogen (secondary N) is 1. The number of hydrogen-bond donors (Lipinski definition) is 1. The van der Waals surface area contributed by atoms with Gasteiger partial charge in [-0.05, 0) is 55.5 Å². The fourth-order valence-electron chi connectivity index (χ4n) is 3.73. The maximum atomic E-state index is 13.3. The molecule has 3 unspecified atom stereocenters. The number of halogens is 3. The van der Waals surface area contributed by atoms with Crippen molar-refractivity contribution in [2.24, 2.45) is 11.8 Å². The van der Waals surface area contributed by atoms with Gasteiger partial charge in [-0.3, -0.25) is 4.79 Å². The van der Waals surface area contributed by atoms with Crippen molar-refractivity contribution < 1.29 is 13.9 Å². The summed E-state index contributed by atoms with van der Waals surface area (Å²) in [7, 11) is 0. The van der Waals surface area contributed by atoms with Crippen LogP contribution in [0.25, 0.3) is 0 Å². The summed E-state index contributed by atoms with van der Waals surface area (Å²) in [6.07, 6.45) is 2.71. The molecule has 2 aliphatic rings. The molecule has 0 radical (unpaired) electrons. The Labute approximate surface area is 165 Å². The van der Waals surface area contributed by atoms with Crippen LogP contribution in [0.3, 0.4) is 0 Å². The van der Waals surface area contributed by atoms with Crippen molar-refractivity contribution in [2.45, 2.75) is 32.3 Å². The molecule has 4 nitrogen and oxygen atoms in total. The van der Waals surface area contributed by atoms with Crippen molar-refractivity contribution in [2.75, 3.05) is 32.8 Å². The number of rotatable bonds is 4. The minimum Gasteiger partial charge on any atom is -0.370 e. The zero-order chi connectivity index (χ0) is 17.8. The number of benzene rings is 1. The fourth-order valence-corrected chi connectivity index (χ4v) is 3.91. The number of morpholine rings is 1. The summed E-state index contributed by atoms with van der Waals surface area (Å²) in [6, 6.07) is 4.61. The van der Waals surface area contributed by atoms with Crippen LogP contribution >= 0.6 is 24.0 Å². The van der Waals surface area contributed by atoms with Crippen LogP contribution < -0.4 is 5.32 Å². The zero-order valence-electron chi connectivity index (χ0n) is 15.0. The number of nitrogens with zero attached hydrogens (tertiary/aromatic N) is 1. The highest BCUT2D eigenvalue weighted by atomic mass is 35.5. The number of ether oxygens (including phenoxy) is 1. The van der Waals surface area contributed by atoms with Crippen molar-refractivity contribution in [3.63, 3.8) is 0 Å². The molecule has 146 valence electrons. The molecule has 26 heavy (non-hydrogen) atoms. The van der Waals surface area contributed by atoms with Gasteiger partial charge in [0.15, 0.2) is 0 Å². The largest absolute Gasteiger partial charge is 0.370 e. The van der Waals surface area contributed by atoms with Gasteiger partial charge in [0.25, 0.3) is 0 Å². The lowest BCUT2D eigenvalue weighted by atomic mass is 9.85. The second-order valence-corrected chi connectivity index (χ2v) is 7.57. The predicted molar refractivity (Wildman–Crippen MR) is 103 cm³/mol. The van der Waals surface area contributed by atoms with Crippen molar-refractivity contribution in [1.29, 1.82) is 0 Å². The van der Waals surface area contributed by atoms with Crippen molar-refractivity contribution in [3.05, 3.63) is 34.6 Å². The summed E-state index contributed by atoms with van der Waals surface area (Å²) in [4.78, 5) is 14.6. The van der Waals surface area contributed by atoms with Crippen LogP contribution in [0.5, 0.6) is 0 Å². The van der Waals surface area contributed by atoms with Crippen LogP contribution in [0.4, 0.5) is 4.39 Å². The smallest absolute Gasteiger partial charge is 0.223 e. The molecule has 0 aliphatic carbocycles. The summed E-state index contributed by atoms with van der Waals surface area (Å²) in [5, 5.41) is 3.50. The molecule has 2 heterocycles. The van der Waals surface area contributed by atoms with E-state index in [1.807, 2.05) is 4.90 Å². The summed E-state index contributed by atoms with van der Waals surface area (Å²) in [5.41, 5.74) is 0.813. The second kappa shape index (κ2) is 9.88. The lowest BCUT2D eigenvalue weighted by Crippen LogP contribution is -2.43. The van der Waals surface area contributed by atoms with E-state index in [4.69, 9.17) is 16.3 Å². The van der Waals surface area contributed by atoms with E-state index in [1.165, 1.54) is 18.9 Å². The number of carbonyl (C=O) groups is 1. The number of piperidine rings is 1. The lowest BCUT2D eigenvalue weighted by molar-refractivity contribution is -0.140. The highest BCUT2D eigenvalue weighted by Crippen LogP contribution is 2.28. The molecule has 1 N–H and O–H groups in total. The summed E-state index contributed by atoms with van der Waals surface area (Å²) < 4.78 is 19.1. The molecular weight excluding hydrogens is 378 g/mol. The molecule has 2 saturated heterocycles. The summed E-state index contributed by atoms with van der Waals surface area (Å²) >= 11 is 5.87. The van der Waals surface area contributed by atoms with E-state index in [2.05, 4.69) is 12.2 Å². The van der Waals surface area contributed by atoms with Gasteiger partial charge in [0, 0.05) is 13.0 Å². The first-order chi connectivity index (χ1) is 12.0. The van der Waals surface area contributed by atoms with Crippen molar-refractivity contribution >= 4 is 29.9 Å². The van der Waals surface area contributed by atoms with Gasteiger partial charge in [-0.2, -0.15) is 0 Å². The minimum atomic E-state index is -0.441. The van der Waals surface area contributed by atoms with Gasteiger partial charge in [0.05, 0.1) is 18.2 Å². The van der Waals surface area contributed by atoms with Gasteiger partial charge in [-0.25, -0.2) is 4.39 Å². The SMILES string of the molecule is CC(CC(=O)N1CCOC(c2ccc(F)c(Cl)c2)C1)C1CCCNC1.Cl. The molecule has 1 aromatic carbocycles. The normalized spacial score (nSPS) is 24.7. The van der Waals surface area contributed by atoms with E-state index >= 15 is 0 Å². The van der Waals surface area contributed by atoms with Gasteiger partial charge in [-0.1, -0.05) is 24.6 Å². The molecule has 7 heteroatoms. The Morgan fingerprint density at radius 1 is 1.50 bits per heavy atom. The summed E-state index contributed by atoms with van der Waals surface area (Å²) in [6.45, 7) is 5.87. The monoisotopic (exact) mass is 404 g/mol. The van der Waals surface area contributed by atoms with E-state index in [9.17, 15) is 9.18 Å². The van der Waals surface area contributed by atoms with Gasteiger partial charge >= 0.3 is 0 Å². The first-order valence-electron chi connectivity index (χ1n) is 9.09. The van der Waals surface area contributed by atoms with E-state index < -0.39 is 5.82 Å². The number of amides is 1. The Bertz CT molecular complexity index is 611. The van der Waals surface area contributed by atoms with Gasteiger partial charge < -0.3 is 15.0 Å².